The average Bonchev–Trinajstić information content (AvgIpc) is 2.25. The quantitative estimate of drug-likeness (QED) is 0.707. The number of amides is 1. The van der Waals surface area contributed by atoms with Gasteiger partial charge in [-0.15, -0.1) is 0 Å². The van der Waals surface area contributed by atoms with Gasteiger partial charge in [0, 0.05) is 26.2 Å². The number of anilines is 2. The van der Waals surface area contributed by atoms with Crippen LogP contribution in [0.1, 0.15) is 10.5 Å². The van der Waals surface area contributed by atoms with Gasteiger partial charge in [-0.1, -0.05) is 0 Å². The van der Waals surface area contributed by atoms with Crippen molar-refractivity contribution in [2.75, 3.05) is 30.8 Å². The smallest absolute Gasteiger partial charge is 0.407 e. The van der Waals surface area contributed by atoms with Crippen molar-refractivity contribution in [1.82, 2.24) is 14.9 Å². The van der Waals surface area contributed by atoms with Gasteiger partial charge in [0.25, 0.3) is 0 Å². The lowest BCUT2D eigenvalue weighted by Crippen LogP contribution is -2.60. The number of hydrogen-bond acceptors (Lipinski definition) is 6. The Labute approximate surface area is 103 Å². The summed E-state index contributed by atoms with van der Waals surface area (Å²) in [5.41, 5.74) is 5.70. The maximum atomic E-state index is 10.7. The van der Waals surface area contributed by atoms with Crippen molar-refractivity contribution in [2.24, 2.45) is 0 Å². The van der Waals surface area contributed by atoms with E-state index in [-0.39, 0.29) is 17.7 Å². The van der Waals surface area contributed by atoms with Crippen molar-refractivity contribution in [1.29, 1.82) is 0 Å². The van der Waals surface area contributed by atoms with Crippen LogP contribution in [0.3, 0.4) is 0 Å². The minimum Gasteiger partial charge on any atom is -0.465 e. The number of carbonyl (C=O) groups is 2. The molecule has 1 aliphatic rings. The molecule has 2 heterocycles. The Morgan fingerprint density at radius 1 is 1.61 bits per heavy atom. The molecule has 8 heteroatoms. The molecule has 1 aliphatic heterocycles. The standard InChI is InChI=1S/C10H13N5O3/c1-14(10(17)18)7-3-15(4-7)8-2-6(5-16)12-9(11)13-8/h2,5,7H,3-4H2,1H3,(H,17,18)(H2,11,12,13). The van der Waals surface area contributed by atoms with Crippen LogP contribution in [0.2, 0.25) is 0 Å². The van der Waals surface area contributed by atoms with E-state index in [0.717, 1.165) is 0 Å². The Balaban J connectivity index is 2.06. The van der Waals surface area contributed by atoms with Crippen LogP contribution >= 0.6 is 0 Å². The first kappa shape index (κ1) is 12.1. The van der Waals surface area contributed by atoms with E-state index in [1.807, 2.05) is 4.90 Å². The Morgan fingerprint density at radius 2 is 2.28 bits per heavy atom. The van der Waals surface area contributed by atoms with E-state index >= 15 is 0 Å². The van der Waals surface area contributed by atoms with Gasteiger partial charge in [0.15, 0.2) is 6.29 Å². The third-order valence-electron chi connectivity index (χ3n) is 2.91. The lowest BCUT2D eigenvalue weighted by Gasteiger charge is -2.43. The first-order chi connectivity index (χ1) is 8.51. The summed E-state index contributed by atoms with van der Waals surface area (Å²) >= 11 is 0. The van der Waals surface area contributed by atoms with Gasteiger partial charge < -0.3 is 20.6 Å². The summed E-state index contributed by atoms with van der Waals surface area (Å²) in [6, 6.07) is 1.46. The summed E-state index contributed by atoms with van der Waals surface area (Å²) < 4.78 is 0. The number of aromatic nitrogens is 2. The highest BCUT2D eigenvalue weighted by atomic mass is 16.4. The summed E-state index contributed by atoms with van der Waals surface area (Å²) in [6.45, 7) is 1.05. The Hall–Kier alpha value is -2.38. The molecule has 0 radical (unpaired) electrons. The first-order valence-corrected chi connectivity index (χ1v) is 5.31. The number of hydrogen-bond donors (Lipinski definition) is 2. The molecule has 18 heavy (non-hydrogen) atoms. The monoisotopic (exact) mass is 251 g/mol. The summed E-state index contributed by atoms with van der Waals surface area (Å²) in [5.74, 6) is 0.573. The SMILES string of the molecule is CN(C(=O)O)C1CN(c2cc(C=O)nc(N)n2)C1. The van der Waals surface area contributed by atoms with E-state index in [0.29, 0.717) is 25.2 Å². The lowest BCUT2D eigenvalue weighted by molar-refractivity contribution is 0.111. The highest BCUT2D eigenvalue weighted by Gasteiger charge is 2.33. The van der Waals surface area contributed by atoms with Gasteiger partial charge in [0.2, 0.25) is 5.95 Å². The zero-order valence-electron chi connectivity index (χ0n) is 9.78. The second kappa shape index (κ2) is 4.47. The van der Waals surface area contributed by atoms with Crippen molar-refractivity contribution in [3.05, 3.63) is 11.8 Å². The van der Waals surface area contributed by atoms with Gasteiger partial charge in [-0.2, -0.15) is 4.98 Å². The van der Waals surface area contributed by atoms with E-state index < -0.39 is 6.09 Å². The Bertz CT molecular complexity index is 486. The van der Waals surface area contributed by atoms with Crippen LogP contribution in [0.5, 0.6) is 0 Å². The van der Waals surface area contributed by atoms with Crippen LogP contribution in [0.4, 0.5) is 16.6 Å². The summed E-state index contributed by atoms with van der Waals surface area (Å²) in [6.07, 6.45) is -0.363. The number of carbonyl (C=O) groups excluding carboxylic acids is 1. The molecule has 0 saturated carbocycles. The summed E-state index contributed by atoms with van der Waals surface area (Å²) in [7, 11) is 1.52. The van der Waals surface area contributed by atoms with Crippen molar-refractivity contribution in [3.8, 4) is 0 Å². The Kier molecular flexibility index (Phi) is 3.00. The van der Waals surface area contributed by atoms with E-state index in [4.69, 9.17) is 10.8 Å². The van der Waals surface area contributed by atoms with E-state index in [2.05, 4.69) is 9.97 Å². The lowest BCUT2D eigenvalue weighted by atomic mass is 10.1. The number of nitrogens with two attached hydrogens (primary N) is 1. The van der Waals surface area contributed by atoms with Gasteiger partial charge >= 0.3 is 6.09 Å². The van der Waals surface area contributed by atoms with Crippen molar-refractivity contribution < 1.29 is 14.7 Å². The van der Waals surface area contributed by atoms with Gasteiger partial charge in [0.05, 0.1) is 6.04 Å². The normalized spacial score (nSPS) is 15.1. The second-order valence-electron chi connectivity index (χ2n) is 4.08. The maximum Gasteiger partial charge on any atom is 0.407 e. The fraction of sp³-hybridized carbons (Fsp3) is 0.400. The molecule has 0 aliphatic carbocycles. The number of rotatable bonds is 3. The van der Waals surface area contributed by atoms with Crippen LogP contribution in [-0.2, 0) is 0 Å². The zero-order valence-corrected chi connectivity index (χ0v) is 9.78. The molecule has 0 aromatic carbocycles. The molecular formula is C10H13N5O3. The number of nitrogen functional groups attached to an aromatic ring is 1. The van der Waals surface area contributed by atoms with Gasteiger partial charge in [-0.05, 0) is 0 Å². The van der Waals surface area contributed by atoms with Crippen molar-refractivity contribution >= 4 is 24.1 Å². The number of carboxylic acid groups (broad SMARTS) is 1. The third kappa shape index (κ3) is 2.17. The van der Waals surface area contributed by atoms with E-state index in [9.17, 15) is 9.59 Å². The molecule has 1 amide bonds. The summed E-state index contributed by atoms with van der Waals surface area (Å²) in [5, 5.41) is 8.82. The molecule has 0 atom stereocenters. The van der Waals surface area contributed by atoms with E-state index in [1.165, 1.54) is 18.0 Å². The number of nitrogens with zero attached hydrogens (tertiary/aromatic N) is 4. The molecular weight excluding hydrogens is 238 g/mol. The van der Waals surface area contributed by atoms with Gasteiger partial charge in [-0.3, -0.25) is 4.79 Å². The molecule has 1 saturated heterocycles. The fourth-order valence-corrected chi connectivity index (χ4v) is 1.74. The molecule has 1 aromatic heterocycles. The molecule has 1 aromatic rings. The largest absolute Gasteiger partial charge is 0.465 e. The van der Waals surface area contributed by atoms with Crippen molar-refractivity contribution in [3.63, 3.8) is 0 Å². The third-order valence-corrected chi connectivity index (χ3v) is 2.91. The van der Waals surface area contributed by atoms with Gasteiger partial charge in [-0.25, -0.2) is 9.78 Å². The molecule has 96 valence electrons. The van der Waals surface area contributed by atoms with E-state index in [1.54, 1.807) is 0 Å². The van der Waals surface area contributed by atoms with Crippen LogP contribution in [-0.4, -0.2) is 58.5 Å². The predicted molar refractivity (Wildman–Crippen MR) is 63.6 cm³/mol. The molecule has 3 N–H and O–H groups in total. The van der Waals surface area contributed by atoms with Crippen LogP contribution in [0.15, 0.2) is 6.07 Å². The maximum absolute atomic E-state index is 10.7. The second-order valence-corrected chi connectivity index (χ2v) is 4.08. The topological polar surface area (TPSA) is 113 Å². The molecule has 1 fully saturated rings. The van der Waals surface area contributed by atoms with Crippen LogP contribution < -0.4 is 10.6 Å². The molecule has 8 nitrogen and oxygen atoms in total. The van der Waals surface area contributed by atoms with Crippen LogP contribution in [0, 0.1) is 0 Å². The van der Waals surface area contributed by atoms with Gasteiger partial charge in [0.1, 0.15) is 11.5 Å². The molecule has 0 spiro atoms. The predicted octanol–water partition coefficient (Wildman–Crippen LogP) is -0.330. The molecule has 0 bridgehead atoms. The Morgan fingerprint density at radius 3 is 2.83 bits per heavy atom. The fourth-order valence-electron chi connectivity index (χ4n) is 1.74. The average molecular weight is 251 g/mol. The minimum absolute atomic E-state index is 0.0321. The van der Waals surface area contributed by atoms with Crippen molar-refractivity contribution in [2.45, 2.75) is 6.04 Å². The molecule has 2 rings (SSSR count). The zero-order chi connectivity index (χ0) is 13.3. The number of likely N-dealkylation sites (N-methyl/N-ethyl adjacent to an activating group) is 1. The highest BCUT2D eigenvalue weighted by molar-refractivity contribution is 5.74. The molecule has 0 unspecified atom stereocenters. The number of aldehydes is 1. The highest BCUT2D eigenvalue weighted by Crippen LogP contribution is 2.22. The van der Waals surface area contributed by atoms with Crippen LogP contribution in [0.25, 0.3) is 0 Å². The first-order valence-electron chi connectivity index (χ1n) is 5.31. The minimum atomic E-state index is -0.963. The summed E-state index contributed by atoms with van der Waals surface area (Å²) in [4.78, 5) is 32.2.